The molecule has 2 unspecified atom stereocenters. The average molecular weight is 241 g/mol. The number of hydrogen-bond donors (Lipinski definition) is 2. The van der Waals surface area contributed by atoms with E-state index in [0.717, 1.165) is 0 Å². The van der Waals surface area contributed by atoms with Gasteiger partial charge in [-0.3, -0.25) is 0 Å². The van der Waals surface area contributed by atoms with Crippen LogP contribution in [0, 0.1) is 23.2 Å². The number of alkyl carbamates (subject to hydrolysis) is 1. The van der Waals surface area contributed by atoms with Gasteiger partial charge >= 0.3 is 6.09 Å². The van der Waals surface area contributed by atoms with Gasteiger partial charge in [0.15, 0.2) is 0 Å². The summed E-state index contributed by atoms with van der Waals surface area (Å²) < 4.78 is 5.11. The molecular formula is C12H23N3O2. The van der Waals surface area contributed by atoms with Gasteiger partial charge in [0.05, 0.1) is 12.1 Å². The number of nitrogens with zero attached hydrogens (tertiary/aromatic N) is 1. The van der Waals surface area contributed by atoms with Crippen molar-refractivity contribution in [1.82, 2.24) is 5.32 Å². The van der Waals surface area contributed by atoms with E-state index in [1.54, 1.807) is 20.8 Å². The minimum Gasteiger partial charge on any atom is -0.444 e. The highest BCUT2D eigenvalue weighted by molar-refractivity contribution is 5.67. The van der Waals surface area contributed by atoms with Crippen LogP contribution in [-0.2, 0) is 4.74 Å². The van der Waals surface area contributed by atoms with Crippen LogP contribution in [-0.4, -0.2) is 24.3 Å². The fourth-order valence-corrected chi connectivity index (χ4v) is 1.39. The van der Waals surface area contributed by atoms with Gasteiger partial charge in [-0.05, 0) is 26.7 Å². The molecule has 0 aromatic rings. The number of nitrogens with one attached hydrogen (secondary N) is 1. The molecule has 0 bridgehead atoms. The van der Waals surface area contributed by atoms with Crippen LogP contribution in [0.3, 0.4) is 0 Å². The Bertz CT molecular complexity index is 289. The predicted molar refractivity (Wildman–Crippen MR) is 66.2 cm³/mol. The van der Waals surface area contributed by atoms with Crippen LogP contribution < -0.4 is 11.1 Å². The SMILES string of the molecule is CC(C)C(CNC(=O)OC(C)(C)C)C(N)C#N. The first-order valence-electron chi connectivity index (χ1n) is 5.79. The molecule has 0 aromatic carbocycles. The molecule has 0 aliphatic rings. The summed E-state index contributed by atoms with van der Waals surface area (Å²) in [7, 11) is 0. The summed E-state index contributed by atoms with van der Waals surface area (Å²) in [6, 6.07) is 1.43. The summed E-state index contributed by atoms with van der Waals surface area (Å²) in [6.45, 7) is 9.69. The Morgan fingerprint density at radius 2 is 2.00 bits per heavy atom. The fraction of sp³-hybridized carbons (Fsp3) is 0.833. The van der Waals surface area contributed by atoms with Crippen molar-refractivity contribution in [1.29, 1.82) is 5.26 Å². The molecule has 0 saturated heterocycles. The van der Waals surface area contributed by atoms with E-state index in [0.29, 0.717) is 6.54 Å². The van der Waals surface area contributed by atoms with Crippen molar-refractivity contribution in [3.8, 4) is 6.07 Å². The molecule has 17 heavy (non-hydrogen) atoms. The Balaban J connectivity index is 4.24. The molecule has 5 heteroatoms. The van der Waals surface area contributed by atoms with Crippen molar-refractivity contribution in [3.05, 3.63) is 0 Å². The average Bonchev–Trinajstić information content (AvgIpc) is 2.14. The molecule has 2 atom stereocenters. The predicted octanol–water partition coefficient (Wildman–Crippen LogP) is 1.63. The zero-order valence-corrected chi connectivity index (χ0v) is 11.3. The van der Waals surface area contributed by atoms with E-state index in [1.165, 1.54) is 0 Å². The Morgan fingerprint density at radius 3 is 2.35 bits per heavy atom. The van der Waals surface area contributed by atoms with Crippen molar-refractivity contribution in [3.63, 3.8) is 0 Å². The first kappa shape index (κ1) is 15.7. The van der Waals surface area contributed by atoms with Crippen LogP contribution in [0.25, 0.3) is 0 Å². The Kier molecular flexibility index (Phi) is 5.97. The Hall–Kier alpha value is -1.28. The lowest BCUT2D eigenvalue weighted by atomic mass is 9.89. The van der Waals surface area contributed by atoms with Crippen molar-refractivity contribution in [2.45, 2.75) is 46.3 Å². The van der Waals surface area contributed by atoms with Crippen molar-refractivity contribution in [2.75, 3.05) is 6.54 Å². The van der Waals surface area contributed by atoms with Crippen molar-refractivity contribution in [2.24, 2.45) is 17.6 Å². The molecule has 0 aliphatic carbocycles. The number of ether oxygens (including phenoxy) is 1. The molecule has 5 nitrogen and oxygen atoms in total. The second-order valence-corrected chi connectivity index (χ2v) is 5.45. The summed E-state index contributed by atoms with van der Waals surface area (Å²) >= 11 is 0. The number of nitriles is 1. The molecule has 0 radical (unpaired) electrons. The van der Waals surface area contributed by atoms with Gasteiger partial charge in [-0.15, -0.1) is 0 Å². The zero-order chi connectivity index (χ0) is 13.6. The van der Waals surface area contributed by atoms with Crippen LogP contribution in [0.2, 0.25) is 0 Å². The standard InChI is InChI=1S/C12H23N3O2/c1-8(2)9(10(14)6-13)7-15-11(16)17-12(3,4)5/h8-10H,7,14H2,1-5H3,(H,15,16). The van der Waals surface area contributed by atoms with Gasteiger partial charge in [-0.2, -0.15) is 5.26 Å². The van der Waals surface area contributed by atoms with E-state index in [-0.39, 0.29) is 11.8 Å². The highest BCUT2D eigenvalue weighted by Crippen LogP contribution is 2.13. The lowest BCUT2D eigenvalue weighted by Gasteiger charge is -2.25. The normalized spacial score (nSPS) is 14.9. The van der Waals surface area contributed by atoms with Gasteiger partial charge in [0, 0.05) is 12.5 Å². The molecule has 1 amide bonds. The molecule has 3 N–H and O–H groups in total. The van der Waals surface area contributed by atoms with E-state index in [4.69, 9.17) is 15.7 Å². The highest BCUT2D eigenvalue weighted by atomic mass is 16.6. The van der Waals surface area contributed by atoms with Gasteiger partial charge in [0.25, 0.3) is 0 Å². The van der Waals surface area contributed by atoms with Gasteiger partial charge in [0.2, 0.25) is 0 Å². The highest BCUT2D eigenvalue weighted by Gasteiger charge is 2.23. The summed E-state index contributed by atoms with van der Waals surface area (Å²) in [4.78, 5) is 11.4. The second-order valence-electron chi connectivity index (χ2n) is 5.45. The van der Waals surface area contributed by atoms with Crippen molar-refractivity contribution >= 4 is 6.09 Å². The van der Waals surface area contributed by atoms with Crippen LogP contribution in [0.5, 0.6) is 0 Å². The van der Waals surface area contributed by atoms with E-state index in [9.17, 15) is 4.79 Å². The van der Waals surface area contributed by atoms with Crippen LogP contribution in [0.1, 0.15) is 34.6 Å². The van der Waals surface area contributed by atoms with Crippen LogP contribution in [0.15, 0.2) is 0 Å². The maximum Gasteiger partial charge on any atom is 0.407 e. The lowest BCUT2D eigenvalue weighted by molar-refractivity contribution is 0.0514. The smallest absolute Gasteiger partial charge is 0.407 e. The van der Waals surface area contributed by atoms with Crippen molar-refractivity contribution < 1.29 is 9.53 Å². The third kappa shape index (κ3) is 6.80. The molecule has 0 spiro atoms. The topological polar surface area (TPSA) is 88.1 Å². The van der Waals surface area contributed by atoms with E-state index in [1.807, 2.05) is 19.9 Å². The molecule has 0 aromatic heterocycles. The Labute approximate surface area is 103 Å². The fourth-order valence-electron chi connectivity index (χ4n) is 1.39. The number of rotatable bonds is 4. The summed E-state index contributed by atoms with van der Waals surface area (Å²) in [6.07, 6.45) is -0.478. The number of amides is 1. The molecular weight excluding hydrogens is 218 g/mol. The first-order valence-corrected chi connectivity index (χ1v) is 5.79. The maximum atomic E-state index is 11.4. The van der Waals surface area contributed by atoms with Gasteiger partial charge < -0.3 is 15.8 Å². The maximum absolute atomic E-state index is 11.4. The summed E-state index contributed by atoms with van der Waals surface area (Å²) in [5.41, 5.74) is 5.16. The number of nitrogens with two attached hydrogens (primary N) is 1. The molecule has 0 fully saturated rings. The number of hydrogen-bond acceptors (Lipinski definition) is 4. The second kappa shape index (κ2) is 6.45. The van der Waals surface area contributed by atoms with Crippen LogP contribution in [0.4, 0.5) is 4.79 Å². The molecule has 98 valence electrons. The molecule has 0 heterocycles. The van der Waals surface area contributed by atoms with Gasteiger partial charge in [-0.25, -0.2) is 4.79 Å². The monoisotopic (exact) mass is 241 g/mol. The molecule has 0 rings (SSSR count). The third-order valence-corrected chi connectivity index (χ3v) is 2.35. The van der Waals surface area contributed by atoms with Crippen LogP contribution >= 0.6 is 0 Å². The lowest BCUT2D eigenvalue weighted by Crippen LogP contribution is -2.42. The molecule has 0 saturated carbocycles. The van der Waals surface area contributed by atoms with Gasteiger partial charge in [0.1, 0.15) is 5.60 Å². The largest absolute Gasteiger partial charge is 0.444 e. The Morgan fingerprint density at radius 1 is 1.47 bits per heavy atom. The number of carbonyl (C=O) groups is 1. The van der Waals surface area contributed by atoms with E-state index < -0.39 is 17.7 Å². The minimum absolute atomic E-state index is 0.0764. The zero-order valence-electron chi connectivity index (χ0n) is 11.3. The third-order valence-electron chi connectivity index (χ3n) is 2.35. The van der Waals surface area contributed by atoms with Gasteiger partial charge in [-0.1, -0.05) is 13.8 Å². The summed E-state index contributed by atoms with van der Waals surface area (Å²) in [5.74, 6) is 0.145. The first-order chi connectivity index (χ1) is 7.67. The van der Waals surface area contributed by atoms with E-state index >= 15 is 0 Å². The molecule has 0 aliphatic heterocycles. The summed E-state index contributed by atoms with van der Waals surface area (Å²) in [5, 5.41) is 11.4. The van der Waals surface area contributed by atoms with E-state index in [2.05, 4.69) is 5.32 Å². The number of carbonyl (C=O) groups excluding carboxylic acids is 1. The minimum atomic E-state index is -0.579. The quantitative estimate of drug-likeness (QED) is 0.783.